The first-order valence-electron chi connectivity index (χ1n) is 10.8. The first kappa shape index (κ1) is 23.5. The predicted molar refractivity (Wildman–Crippen MR) is 114 cm³/mol. The minimum Gasteiger partial charge on any atom is -0.395 e. The molecule has 1 heterocycles. The van der Waals surface area contributed by atoms with Gasteiger partial charge in [0.25, 0.3) is 5.92 Å². The van der Waals surface area contributed by atoms with Crippen LogP contribution in [0.5, 0.6) is 0 Å². The van der Waals surface area contributed by atoms with E-state index in [1.54, 1.807) is 18.2 Å². The van der Waals surface area contributed by atoms with E-state index in [2.05, 4.69) is 15.1 Å². The topological polar surface area (TPSA) is 72.9 Å². The van der Waals surface area contributed by atoms with Gasteiger partial charge in [0.15, 0.2) is 11.6 Å². The highest BCUT2D eigenvalue weighted by Crippen LogP contribution is 2.38. The Kier molecular flexibility index (Phi) is 7.91. The average Bonchev–Trinajstić information content (AvgIpc) is 2.73. The number of carbonyl (C=O) groups is 2. The summed E-state index contributed by atoms with van der Waals surface area (Å²) in [6, 6.07) is 6.16. The molecule has 1 aliphatic carbocycles. The number of carbonyl (C=O) groups excluding carboxylic acids is 2. The number of benzene rings is 1. The second kappa shape index (κ2) is 10.4. The number of halogens is 2. The second-order valence-electron chi connectivity index (χ2n) is 8.35. The van der Waals surface area contributed by atoms with Crippen LogP contribution in [0.25, 0.3) is 0 Å². The van der Waals surface area contributed by atoms with Crippen molar-refractivity contribution in [2.24, 2.45) is 0 Å². The van der Waals surface area contributed by atoms with E-state index < -0.39 is 11.8 Å². The zero-order valence-corrected chi connectivity index (χ0v) is 17.9. The van der Waals surface area contributed by atoms with Crippen LogP contribution in [-0.2, 0) is 15.5 Å². The Labute approximate surface area is 181 Å². The zero-order valence-electron chi connectivity index (χ0n) is 17.9. The molecule has 3 rings (SSSR count). The fourth-order valence-corrected chi connectivity index (χ4v) is 4.30. The van der Waals surface area contributed by atoms with E-state index in [0.717, 1.165) is 39.6 Å². The maximum absolute atomic E-state index is 14.0. The fraction of sp³-hybridized carbons (Fsp3) is 0.565. The molecule has 0 radical (unpaired) electrons. The van der Waals surface area contributed by atoms with Gasteiger partial charge in [0.2, 0.25) is 0 Å². The highest BCUT2D eigenvalue weighted by Gasteiger charge is 2.36. The molecular weight excluding hydrogens is 404 g/mol. The standard InChI is InChI=1S/C23H31F2N3O3/c1-23(24,25)20-5-3-2-4-18(20)17-14-21(30)19(22(31)15-17)16-26-6-7-27-8-10-28(11-9-27)12-13-29/h2-5,16-17,26,29H,6-15H2,1H3. The van der Waals surface area contributed by atoms with Crippen molar-refractivity contribution in [3.05, 3.63) is 47.2 Å². The number of aliphatic hydroxyl groups is 1. The SMILES string of the molecule is CC(F)(F)c1ccccc1C1CC(=O)C(=CNCCN2CCN(CCO)CC2)C(=O)C1. The van der Waals surface area contributed by atoms with Gasteiger partial charge in [-0.15, -0.1) is 0 Å². The maximum atomic E-state index is 14.0. The summed E-state index contributed by atoms with van der Waals surface area (Å²) in [4.78, 5) is 29.7. The van der Waals surface area contributed by atoms with Crippen molar-refractivity contribution >= 4 is 11.6 Å². The highest BCUT2D eigenvalue weighted by molar-refractivity contribution is 6.22. The average molecular weight is 436 g/mol. The van der Waals surface area contributed by atoms with Crippen LogP contribution >= 0.6 is 0 Å². The van der Waals surface area contributed by atoms with Gasteiger partial charge in [-0.05, 0) is 11.5 Å². The van der Waals surface area contributed by atoms with Crippen molar-refractivity contribution in [2.75, 3.05) is 52.4 Å². The number of hydrogen-bond acceptors (Lipinski definition) is 6. The molecule has 1 aromatic carbocycles. The third-order valence-corrected chi connectivity index (χ3v) is 6.04. The molecule has 0 bridgehead atoms. The lowest BCUT2D eigenvalue weighted by atomic mass is 9.78. The third kappa shape index (κ3) is 6.18. The Morgan fingerprint density at radius 1 is 1.06 bits per heavy atom. The molecule has 31 heavy (non-hydrogen) atoms. The van der Waals surface area contributed by atoms with Crippen molar-refractivity contribution < 1.29 is 23.5 Å². The van der Waals surface area contributed by atoms with Crippen molar-refractivity contribution in [3.63, 3.8) is 0 Å². The molecule has 1 aliphatic heterocycles. The monoisotopic (exact) mass is 435 g/mol. The second-order valence-corrected chi connectivity index (χ2v) is 8.35. The minimum absolute atomic E-state index is 0.0547. The van der Waals surface area contributed by atoms with Gasteiger partial charge in [0.1, 0.15) is 0 Å². The molecule has 2 aliphatic rings. The van der Waals surface area contributed by atoms with E-state index in [-0.39, 0.29) is 42.2 Å². The number of piperazine rings is 1. The van der Waals surface area contributed by atoms with Crippen LogP contribution in [0.1, 0.15) is 36.8 Å². The van der Waals surface area contributed by atoms with Gasteiger partial charge in [-0.2, -0.15) is 0 Å². The van der Waals surface area contributed by atoms with Crippen molar-refractivity contribution in [1.29, 1.82) is 0 Å². The number of rotatable bonds is 8. The third-order valence-electron chi connectivity index (χ3n) is 6.04. The first-order chi connectivity index (χ1) is 14.8. The van der Waals surface area contributed by atoms with E-state index in [1.165, 1.54) is 12.3 Å². The predicted octanol–water partition coefficient (Wildman–Crippen LogP) is 1.90. The summed E-state index contributed by atoms with van der Waals surface area (Å²) in [5.74, 6) is -4.15. The van der Waals surface area contributed by atoms with Gasteiger partial charge in [0, 0.05) is 77.3 Å². The molecule has 170 valence electrons. The molecule has 0 aromatic heterocycles. The lowest BCUT2D eigenvalue weighted by Gasteiger charge is -2.34. The molecule has 2 fully saturated rings. The van der Waals surface area contributed by atoms with Crippen LogP contribution in [-0.4, -0.2) is 78.9 Å². The number of nitrogens with one attached hydrogen (secondary N) is 1. The minimum atomic E-state index is -3.02. The Morgan fingerprint density at radius 2 is 1.65 bits per heavy atom. The van der Waals surface area contributed by atoms with Crippen LogP contribution in [0.4, 0.5) is 8.78 Å². The zero-order chi connectivity index (χ0) is 22.4. The van der Waals surface area contributed by atoms with E-state index in [0.29, 0.717) is 18.7 Å². The quantitative estimate of drug-likeness (QED) is 0.369. The summed E-state index contributed by atoms with van der Waals surface area (Å²) >= 11 is 0. The Hall–Kier alpha value is -2.16. The summed E-state index contributed by atoms with van der Waals surface area (Å²) in [5, 5.41) is 12.1. The molecular formula is C23H31F2N3O3. The smallest absolute Gasteiger partial charge is 0.270 e. The molecule has 8 heteroatoms. The first-order valence-corrected chi connectivity index (χ1v) is 10.8. The van der Waals surface area contributed by atoms with Crippen molar-refractivity contribution in [1.82, 2.24) is 15.1 Å². The fourth-order valence-electron chi connectivity index (χ4n) is 4.30. The van der Waals surface area contributed by atoms with Crippen LogP contribution in [0.15, 0.2) is 36.0 Å². The van der Waals surface area contributed by atoms with E-state index in [1.807, 2.05) is 0 Å². The molecule has 6 nitrogen and oxygen atoms in total. The van der Waals surface area contributed by atoms with Crippen LogP contribution in [0.2, 0.25) is 0 Å². The molecule has 1 saturated carbocycles. The van der Waals surface area contributed by atoms with Crippen LogP contribution in [0.3, 0.4) is 0 Å². The van der Waals surface area contributed by atoms with Crippen molar-refractivity contribution in [2.45, 2.75) is 31.6 Å². The molecule has 0 unspecified atom stereocenters. The number of hydrogen-bond donors (Lipinski definition) is 2. The van der Waals surface area contributed by atoms with Crippen LogP contribution < -0.4 is 5.32 Å². The molecule has 2 N–H and O–H groups in total. The number of alkyl halides is 2. The largest absolute Gasteiger partial charge is 0.395 e. The summed E-state index contributed by atoms with van der Waals surface area (Å²) < 4.78 is 27.9. The Balaban J connectivity index is 1.53. The molecule has 0 amide bonds. The Morgan fingerprint density at radius 3 is 2.23 bits per heavy atom. The normalized spacial score (nSPS) is 21.4. The highest BCUT2D eigenvalue weighted by atomic mass is 19.3. The lowest BCUT2D eigenvalue weighted by molar-refractivity contribution is -0.124. The van der Waals surface area contributed by atoms with Gasteiger partial charge in [0.05, 0.1) is 12.2 Å². The summed E-state index contributed by atoms with van der Waals surface area (Å²) in [6.07, 6.45) is 1.60. The molecule has 0 atom stereocenters. The lowest BCUT2D eigenvalue weighted by Crippen LogP contribution is -2.48. The van der Waals surface area contributed by atoms with Crippen molar-refractivity contribution in [3.8, 4) is 0 Å². The van der Waals surface area contributed by atoms with Gasteiger partial charge >= 0.3 is 0 Å². The van der Waals surface area contributed by atoms with Gasteiger partial charge in [-0.3, -0.25) is 19.4 Å². The number of ketones is 2. The summed E-state index contributed by atoms with van der Waals surface area (Å²) in [7, 11) is 0. The molecule has 0 spiro atoms. The van der Waals surface area contributed by atoms with Crippen LogP contribution in [0, 0.1) is 0 Å². The summed E-state index contributed by atoms with van der Waals surface area (Å²) in [6.45, 7) is 6.77. The Bertz CT molecular complexity index is 795. The molecule has 1 aromatic rings. The van der Waals surface area contributed by atoms with Gasteiger partial charge in [-0.25, -0.2) is 8.78 Å². The number of β-amino-alcohol motifs (C(OH)–C–C–N with tert-alkyl or cyclic N) is 1. The van der Waals surface area contributed by atoms with E-state index in [9.17, 15) is 18.4 Å². The maximum Gasteiger partial charge on any atom is 0.270 e. The number of nitrogens with zero attached hydrogens (tertiary/aromatic N) is 2. The van der Waals surface area contributed by atoms with Gasteiger partial charge in [-0.1, -0.05) is 24.3 Å². The summed E-state index contributed by atoms with van der Waals surface area (Å²) in [5.41, 5.74) is 0.388. The molecule has 1 saturated heterocycles. The van der Waals surface area contributed by atoms with E-state index in [4.69, 9.17) is 5.11 Å². The van der Waals surface area contributed by atoms with E-state index >= 15 is 0 Å². The van der Waals surface area contributed by atoms with Gasteiger partial charge < -0.3 is 10.4 Å². The number of allylic oxidation sites excluding steroid dienone is 1. The number of aliphatic hydroxyl groups excluding tert-OH is 1. The number of Topliss-reactive ketones (excluding diaryl/α,β-unsaturated/α-hetero) is 2.